The summed E-state index contributed by atoms with van der Waals surface area (Å²) in [7, 11) is 0. The molecule has 31 heavy (non-hydrogen) atoms. The van der Waals surface area contributed by atoms with E-state index in [1.54, 1.807) is 17.0 Å². The number of aryl methyl sites for hydroxylation is 1. The lowest BCUT2D eigenvalue weighted by Gasteiger charge is -2.35. The molecule has 2 amide bonds. The second-order valence-electron chi connectivity index (χ2n) is 8.28. The van der Waals surface area contributed by atoms with E-state index in [0.717, 1.165) is 17.7 Å². The molecule has 166 valence electrons. The Morgan fingerprint density at radius 1 is 1.10 bits per heavy atom. The Hall–Kier alpha value is -2.96. The molecule has 2 aromatic rings. The summed E-state index contributed by atoms with van der Waals surface area (Å²) in [5.74, 6) is -1.88. The third-order valence-electron chi connectivity index (χ3n) is 5.44. The van der Waals surface area contributed by atoms with Crippen molar-refractivity contribution in [3.05, 3.63) is 65.2 Å². The van der Waals surface area contributed by atoms with Gasteiger partial charge in [0, 0.05) is 37.6 Å². The number of nitrogens with zero attached hydrogens (tertiary/aromatic N) is 1. The summed E-state index contributed by atoms with van der Waals surface area (Å²) in [6.07, 6.45) is 0.793. The van der Waals surface area contributed by atoms with Gasteiger partial charge in [0.2, 0.25) is 5.91 Å². The largest absolute Gasteiger partial charge is 0.487 e. The Morgan fingerprint density at radius 2 is 1.81 bits per heavy atom. The highest BCUT2D eigenvalue weighted by Crippen LogP contribution is 2.23. The molecule has 1 aliphatic heterocycles. The molecule has 0 spiro atoms. The first kappa shape index (κ1) is 22.7. The second-order valence-corrected chi connectivity index (χ2v) is 8.28. The molecule has 7 heteroatoms. The molecule has 0 bridgehead atoms. The van der Waals surface area contributed by atoms with E-state index >= 15 is 0 Å². The molecule has 0 saturated carbocycles. The molecule has 1 unspecified atom stereocenters. The summed E-state index contributed by atoms with van der Waals surface area (Å²) in [5, 5.41) is 2.87. The van der Waals surface area contributed by atoms with Crippen molar-refractivity contribution in [1.82, 2.24) is 10.2 Å². The minimum atomic E-state index is -0.739. The fraction of sp³-hybridized carbons (Fsp3) is 0.417. The number of rotatable bonds is 6. The number of amides is 2. The fourth-order valence-corrected chi connectivity index (χ4v) is 3.67. The van der Waals surface area contributed by atoms with Gasteiger partial charge < -0.3 is 15.0 Å². The number of carbonyl (C=O) groups is 2. The Bertz CT molecular complexity index is 940. The molecule has 3 rings (SSSR count). The third kappa shape index (κ3) is 5.81. The topological polar surface area (TPSA) is 58.6 Å². The van der Waals surface area contributed by atoms with Crippen LogP contribution >= 0.6 is 0 Å². The maximum Gasteiger partial charge on any atom is 0.251 e. The van der Waals surface area contributed by atoms with Gasteiger partial charge in [0.1, 0.15) is 18.0 Å². The number of hydrogen-bond acceptors (Lipinski definition) is 3. The third-order valence-corrected chi connectivity index (χ3v) is 5.44. The molecule has 0 radical (unpaired) electrons. The molecular weight excluding hydrogens is 402 g/mol. The van der Waals surface area contributed by atoms with Gasteiger partial charge in [-0.05, 0) is 37.1 Å². The molecule has 1 atom stereocenters. The summed E-state index contributed by atoms with van der Waals surface area (Å²) in [6.45, 7) is 6.58. The number of likely N-dealkylation sites (tertiary alicyclic amines) is 1. The second kappa shape index (κ2) is 9.90. The molecule has 1 fully saturated rings. The van der Waals surface area contributed by atoms with Crippen LogP contribution in [0.4, 0.5) is 8.78 Å². The molecule has 2 aromatic carbocycles. The first-order valence-corrected chi connectivity index (χ1v) is 10.5. The van der Waals surface area contributed by atoms with Gasteiger partial charge >= 0.3 is 0 Å². The smallest absolute Gasteiger partial charge is 0.251 e. The lowest BCUT2D eigenvalue weighted by Crippen LogP contribution is -2.53. The van der Waals surface area contributed by atoms with E-state index in [-0.39, 0.29) is 29.6 Å². The Balaban J connectivity index is 1.58. The minimum absolute atomic E-state index is 0.0108. The normalized spacial score (nSPS) is 15.6. The number of hydrogen-bond donors (Lipinski definition) is 1. The predicted octanol–water partition coefficient (Wildman–Crippen LogP) is 4.10. The van der Waals surface area contributed by atoms with Gasteiger partial charge in [-0.25, -0.2) is 8.78 Å². The highest BCUT2D eigenvalue weighted by atomic mass is 19.1. The fourth-order valence-electron chi connectivity index (χ4n) is 3.67. The number of nitrogens with one attached hydrogen (secondary N) is 1. The number of carbonyl (C=O) groups excluding carboxylic acids is 2. The van der Waals surface area contributed by atoms with Gasteiger partial charge in [-0.3, -0.25) is 9.59 Å². The lowest BCUT2D eigenvalue weighted by molar-refractivity contribution is -0.136. The van der Waals surface area contributed by atoms with Crippen LogP contribution in [0.25, 0.3) is 0 Å². The zero-order valence-electron chi connectivity index (χ0n) is 18.0. The van der Waals surface area contributed by atoms with Crippen molar-refractivity contribution in [2.45, 2.75) is 45.8 Å². The summed E-state index contributed by atoms with van der Waals surface area (Å²) >= 11 is 0. The van der Waals surface area contributed by atoms with Crippen LogP contribution in [0.15, 0.2) is 42.5 Å². The van der Waals surface area contributed by atoms with Crippen LogP contribution < -0.4 is 10.1 Å². The molecule has 1 heterocycles. The van der Waals surface area contributed by atoms with Crippen molar-refractivity contribution in [1.29, 1.82) is 0 Å². The van der Waals surface area contributed by atoms with Gasteiger partial charge in [0.25, 0.3) is 5.91 Å². The summed E-state index contributed by atoms with van der Waals surface area (Å²) in [5.41, 5.74) is 1.49. The van der Waals surface area contributed by atoms with Crippen molar-refractivity contribution in [2.24, 2.45) is 5.92 Å². The number of halogens is 2. The first-order chi connectivity index (χ1) is 14.7. The maximum atomic E-state index is 13.8. The molecule has 0 aromatic heterocycles. The average Bonchev–Trinajstić information content (AvgIpc) is 2.73. The highest BCUT2D eigenvalue weighted by Gasteiger charge is 2.32. The van der Waals surface area contributed by atoms with Crippen molar-refractivity contribution >= 4 is 11.8 Å². The molecular formula is C24H28F2N2O3. The standard InChI is InChI=1S/C24H28F2N2O3/c1-15(2)22(27-23(29)17-6-4-5-16(3)13-17)24(30)28-11-9-19(10-12-28)31-21-8-7-18(25)14-20(21)26/h4-8,13-15,19,22H,9-12H2,1-3H3,(H,27,29). The van der Waals surface area contributed by atoms with Crippen LogP contribution in [0.1, 0.15) is 42.6 Å². The van der Waals surface area contributed by atoms with Gasteiger partial charge in [-0.15, -0.1) is 0 Å². The SMILES string of the molecule is Cc1cccc(C(=O)NC(C(=O)N2CCC(Oc3ccc(F)cc3F)CC2)C(C)C)c1. The van der Waals surface area contributed by atoms with Gasteiger partial charge in [-0.2, -0.15) is 0 Å². The van der Waals surface area contributed by atoms with E-state index in [0.29, 0.717) is 31.5 Å². The van der Waals surface area contributed by atoms with Crippen LogP contribution in [0.3, 0.4) is 0 Å². The van der Waals surface area contributed by atoms with E-state index in [4.69, 9.17) is 4.74 Å². The molecule has 1 aliphatic rings. The average molecular weight is 430 g/mol. The zero-order chi connectivity index (χ0) is 22.5. The Kier molecular flexibility index (Phi) is 7.25. The molecule has 1 N–H and O–H groups in total. The molecule has 5 nitrogen and oxygen atoms in total. The molecule has 0 aliphatic carbocycles. The quantitative estimate of drug-likeness (QED) is 0.751. The van der Waals surface area contributed by atoms with E-state index in [9.17, 15) is 18.4 Å². The van der Waals surface area contributed by atoms with Crippen molar-refractivity contribution in [2.75, 3.05) is 13.1 Å². The van der Waals surface area contributed by atoms with Crippen LogP contribution in [-0.4, -0.2) is 41.9 Å². The van der Waals surface area contributed by atoms with Crippen molar-refractivity contribution in [3.8, 4) is 5.75 Å². The van der Waals surface area contributed by atoms with E-state index in [1.165, 1.54) is 6.07 Å². The van der Waals surface area contributed by atoms with Crippen LogP contribution in [-0.2, 0) is 4.79 Å². The van der Waals surface area contributed by atoms with Crippen LogP contribution in [0.5, 0.6) is 5.75 Å². The van der Waals surface area contributed by atoms with Crippen LogP contribution in [0, 0.1) is 24.5 Å². The number of piperidine rings is 1. The minimum Gasteiger partial charge on any atom is -0.487 e. The first-order valence-electron chi connectivity index (χ1n) is 10.5. The predicted molar refractivity (Wildman–Crippen MR) is 114 cm³/mol. The summed E-state index contributed by atoms with van der Waals surface area (Å²) < 4.78 is 32.5. The lowest BCUT2D eigenvalue weighted by atomic mass is 9.99. The zero-order valence-corrected chi connectivity index (χ0v) is 18.0. The number of benzene rings is 2. The van der Waals surface area contributed by atoms with E-state index in [1.807, 2.05) is 32.9 Å². The molecule has 1 saturated heterocycles. The van der Waals surface area contributed by atoms with Crippen molar-refractivity contribution in [3.63, 3.8) is 0 Å². The van der Waals surface area contributed by atoms with Gasteiger partial charge in [-0.1, -0.05) is 31.5 Å². The maximum absolute atomic E-state index is 13.8. The number of ether oxygens (including phenoxy) is 1. The monoisotopic (exact) mass is 430 g/mol. The van der Waals surface area contributed by atoms with E-state index < -0.39 is 17.7 Å². The van der Waals surface area contributed by atoms with Crippen molar-refractivity contribution < 1.29 is 23.1 Å². The van der Waals surface area contributed by atoms with Crippen LogP contribution in [0.2, 0.25) is 0 Å². The summed E-state index contributed by atoms with van der Waals surface area (Å²) in [6, 6.07) is 9.81. The highest BCUT2D eigenvalue weighted by molar-refractivity contribution is 5.97. The Labute approximate surface area is 181 Å². The van der Waals surface area contributed by atoms with Gasteiger partial charge in [0.05, 0.1) is 0 Å². The van der Waals surface area contributed by atoms with Gasteiger partial charge in [0.15, 0.2) is 11.6 Å². The Morgan fingerprint density at radius 3 is 2.42 bits per heavy atom. The van der Waals surface area contributed by atoms with E-state index in [2.05, 4.69) is 5.32 Å². The summed E-state index contributed by atoms with van der Waals surface area (Å²) in [4.78, 5) is 27.5.